The summed E-state index contributed by atoms with van der Waals surface area (Å²) in [5.74, 6) is 0. The highest BCUT2D eigenvalue weighted by Gasteiger charge is 1.95. The molecule has 0 saturated heterocycles. The van der Waals surface area contributed by atoms with Crippen LogP contribution in [-0.4, -0.2) is 26.2 Å². The minimum atomic E-state index is 0.766. The van der Waals surface area contributed by atoms with E-state index in [-0.39, 0.29) is 0 Å². The van der Waals surface area contributed by atoms with Crippen molar-refractivity contribution in [2.75, 3.05) is 31.5 Å². The van der Waals surface area contributed by atoms with Crippen LogP contribution in [0.1, 0.15) is 12.8 Å². The molecule has 0 spiro atoms. The molecule has 0 aliphatic heterocycles. The maximum Gasteiger partial charge on any atom is 0.0346 e. The third kappa shape index (κ3) is 4.54. The molecule has 0 bridgehead atoms. The molecular formula is C16H23N3. The van der Waals surface area contributed by atoms with E-state index in [0.717, 1.165) is 39.0 Å². The van der Waals surface area contributed by atoms with Crippen LogP contribution in [0.2, 0.25) is 0 Å². The van der Waals surface area contributed by atoms with Gasteiger partial charge in [-0.1, -0.05) is 30.3 Å². The number of rotatable bonds is 8. The van der Waals surface area contributed by atoms with Gasteiger partial charge in [-0.3, -0.25) is 0 Å². The molecule has 102 valence electrons. The van der Waals surface area contributed by atoms with Gasteiger partial charge in [0.15, 0.2) is 0 Å². The van der Waals surface area contributed by atoms with E-state index in [1.54, 1.807) is 0 Å². The fourth-order valence-electron chi connectivity index (χ4n) is 2.10. The molecule has 19 heavy (non-hydrogen) atoms. The van der Waals surface area contributed by atoms with Crippen LogP contribution < -0.4 is 16.4 Å². The van der Waals surface area contributed by atoms with Crippen molar-refractivity contribution in [1.29, 1.82) is 0 Å². The highest BCUT2D eigenvalue weighted by molar-refractivity contribution is 5.85. The summed E-state index contributed by atoms with van der Waals surface area (Å²) in [5, 5.41) is 9.42. The van der Waals surface area contributed by atoms with E-state index in [0.29, 0.717) is 0 Å². The third-order valence-electron chi connectivity index (χ3n) is 3.17. The standard InChI is InChI=1S/C16H23N3/c17-9-3-10-18-11-4-12-19-16-8-7-14-5-1-2-6-15(14)13-16/h1-2,5-8,13,18-19H,3-4,9-12,17H2. The molecule has 0 saturated carbocycles. The summed E-state index contributed by atoms with van der Waals surface area (Å²) < 4.78 is 0. The molecule has 0 aliphatic rings. The van der Waals surface area contributed by atoms with Crippen LogP contribution >= 0.6 is 0 Å². The van der Waals surface area contributed by atoms with Gasteiger partial charge in [-0.05, 0) is 55.4 Å². The first kappa shape index (κ1) is 13.8. The Hall–Kier alpha value is -1.58. The van der Waals surface area contributed by atoms with Gasteiger partial charge in [0.1, 0.15) is 0 Å². The maximum atomic E-state index is 5.44. The fraction of sp³-hybridized carbons (Fsp3) is 0.375. The second-order valence-corrected chi connectivity index (χ2v) is 4.73. The molecule has 0 unspecified atom stereocenters. The van der Waals surface area contributed by atoms with E-state index in [4.69, 9.17) is 5.73 Å². The zero-order valence-corrected chi connectivity index (χ0v) is 11.4. The van der Waals surface area contributed by atoms with Gasteiger partial charge in [0, 0.05) is 12.2 Å². The minimum absolute atomic E-state index is 0.766. The number of nitrogens with two attached hydrogens (primary N) is 1. The number of hydrogen-bond acceptors (Lipinski definition) is 3. The summed E-state index contributed by atoms with van der Waals surface area (Å²) >= 11 is 0. The van der Waals surface area contributed by atoms with Gasteiger partial charge in [0.2, 0.25) is 0 Å². The Kier molecular flexibility index (Phi) is 5.66. The fourth-order valence-corrected chi connectivity index (χ4v) is 2.10. The summed E-state index contributed by atoms with van der Waals surface area (Å²) in [7, 11) is 0. The van der Waals surface area contributed by atoms with E-state index in [2.05, 4.69) is 53.1 Å². The Bertz CT molecular complexity index is 496. The Morgan fingerprint density at radius 2 is 1.63 bits per heavy atom. The van der Waals surface area contributed by atoms with Crippen molar-refractivity contribution in [3.05, 3.63) is 42.5 Å². The van der Waals surface area contributed by atoms with Gasteiger partial charge in [-0.2, -0.15) is 0 Å². The predicted octanol–water partition coefficient (Wildman–Crippen LogP) is 2.58. The second kappa shape index (κ2) is 7.77. The monoisotopic (exact) mass is 257 g/mol. The average molecular weight is 257 g/mol. The summed E-state index contributed by atoms with van der Waals surface area (Å²) in [6.07, 6.45) is 2.18. The average Bonchev–Trinajstić information content (AvgIpc) is 2.46. The first-order valence-corrected chi connectivity index (χ1v) is 7.03. The van der Waals surface area contributed by atoms with Gasteiger partial charge in [-0.25, -0.2) is 0 Å². The van der Waals surface area contributed by atoms with Gasteiger partial charge in [0.05, 0.1) is 0 Å². The molecule has 3 nitrogen and oxygen atoms in total. The summed E-state index contributed by atoms with van der Waals surface area (Å²) in [6.45, 7) is 3.82. The van der Waals surface area contributed by atoms with Crippen molar-refractivity contribution in [3.8, 4) is 0 Å². The zero-order valence-electron chi connectivity index (χ0n) is 11.4. The molecule has 0 amide bonds. The molecule has 0 atom stereocenters. The van der Waals surface area contributed by atoms with Gasteiger partial charge in [-0.15, -0.1) is 0 Å². The van der Waals surface area contributed by atoms with Crippen LogP contribution in [-0.2, 0) is 0 Å². The van der Waals surface area contributed by atoms with E-state index in [1.807, 2.05) is 0 Å². The highest BCUT2D eigenvalue weighted by Crippen LogP contribution is 2.18. The molecular weight excluding hydrogens is 234 g/mol. The van der Waals surface area contributed by atoms with Crippen LogP contribution in [0.25, 0.3) is 10.8 Å². The Morgan fingerprint density at radius 1 is 0.842 bits per heavy atom. The molecule has 0 heterocycles. The molecule has 2 aromatic rings. The van der Waals surface area contributed by atoms with Gasteiger partial charge >= 0.3 is 0 Å². The van der Waals surface area contributed by atoms with E-state index < -0.39 is 0 Å². The SMILES string of the molecule is NCCCNCCCNc1ccc2ccccc2c1. The van der Waals surface area contributed by atoms with Gasteiger partial charge in [0.25, 0.3) is 0 Å². The van der Waals surface area contributed by atoms with E-state index >= 15 is 0 Å². The van der Waals surface area contributed by atoms with Crippen molar-refractivity contribution >= 4 is 16.5 Å². The summed E-state index contributed by atoms with van der Waals surface area (Å²) in [4.78, 5) is 0. The largest absolute Gasteiger partial charge is 0.385 e. The zero-order chi connectivity index (χ0) is 13.3. The van der Waals surface area contributed by atoms with Crippen LogP contribution in [0, 0.1) is 0 Å². The Morgan fingerprint density at radius 3 is 2.47 bits per heavy atom. The Balaban J connectivity index is 1.72. The lowest BCUT2D eigenvalue weighted by Gasteiger charge is -2.08. The molecule has 0 fully saturated rings. The lowest BCUT2D eigenvalue weighted by Crippen LogP contribution is -2.21. The molecule has 2 aromatic carbocycles. The first-order chi connectivity index (χ1) is 9.40. The quantitative estimate of drug-likeness (QED) is 0.637. The van der Waals surface area contributed by atoms with Crippen LogP contribution in [0.3, 0.4) is 0 Å². The van der Waals surface area contributed by atoms with Crippen LogP contribution in [0.5, 0.6) is 0 Å². The number of benzene rings is 2. The lowest BCUT2D eigenvalue weighted by molar-refractivity contribution is 0.637. The Labute approximate surface area is 115 Å². The van der Waals surface area contributed by atoms with Crippen LogP contribution in [0.15, 0.2) is 42.5 Å². The minimum Gasteiger partial charge on any atom is -0.385 e. The summed E-state index contributed by atoms with van der Waals surface area (Å²) in [5.41, 5.74) is 6.63. The second-order valence-electron chi connectivity index (χ2n) is 4.73. The van der Waals surface area contributed by atoms with E-state index in [1.165, 1.54) is 16.5 Å². The molecule has 3 heteroatoms. The van der Waals surface area contributed by atoms with Gasteiger partial charge < -0.3 is 16.4 Å². The smallest absolute Gasteiger partial charge is 0.0346 e. The van der Waals surface area contributed by atoms with Crippen molar-refractivity contribution < 1.29 is 0 Å². The van der Waals surface area contributed by atoms with Crippen LogP contribution in [0.4, 0.5) is 5.69 Å². The summed E-state index contributed by atoms with van der Waals surface area (Å²) in [6, 6.07) is 14.9. The number of nitrogens with one attached hydrogen (secondary N) is 2. The molecule has 0 aliphatic carbocycles. The molecule has 2 rings (SSSR count). The topological polar surface area (TPSA) is 50.1 Å². The molecule has 4 N–H and O–H groups in total. The van der Waals surface area contributed by atoms with Crippen molar-refractivity contribution in [1.82, 2.24) is 5.32 Å². The highest BCUT2D eigenvalue weighted by atomic mass is 14.9. The number of hydrogen-bond donors (Lipinski definition) is 3. The lowest BCUT2D eigenvalue weighted by atomic mass is 10.1. The normalized spacial score (nSPS) is 10.8. The van der Waals surface area contributed by atoms with Crippen molar-refractivity contribution in [2.24, 2.45) is 5.73 Å². The number of anilines is 1. The maximum absolute atomic E-state index is 5.44. The van der Waals surface area contributed by atoms with E-state index in [9.17, 15) is 0 Å². The third-order valence-corrected chi connectivity index (χ3v) is 3.17. The van der Waals surface area contributed by atoms with Crippen molar-refractivity contribution in [2.45, 2.75) is 12.8 Å². The first-order valence-electron chi connectivity index (χ1n) is 7.03. The molecule has 0 radical (unpaired) electrons. The number of fused-ring (bicyclic) bond motifs is 1. The van der Waals surface area contributed by atoms with Crippen molar-refractivity contribution in [3.63, 3.8) is 0 Å². The molecule has 0 aromatic heterocycles. The predicted molar refractivity (Wildman–Crippen MR) is 83.6 cm³/mol.